The smallest absolute Gasteiger partial charge is 0.243 e. The van der Waals surface area contributed by atoms with Gasteiger partial charge in [-0.3, -0.25) is 4.79 Å². The van der Waals surface area contributed by atoms with Crippen LogP contribution in [0.5, 0.6) is 0 Å². The standard InChI is InChI=1S/C20H27N3O3S.ClH/c1-15(2)23(3)27(25,26)18-11-8-16(9-12-18)14-22-20(24)13-10-17-6-4-5-7-19(17)21;/h4-9,11-12,15H,10,13-14,21H2,1-3H3,(H,22,24);1H. The first-order valence-corrected chi connectivity index (χ1v) is 10.3. The highest BCUT2D eigenvalue weighted by Gasteiger charge is 2.22. The molecule has 2 rings (SSSR count). The summed E-state index contributed by atoms with van der Waals surface area (Å²) >= 11 is 0. The van der Waals surface area contributed by atoms with E-state index in [1.165, 1.54) is 4.31 Å². The first-order valence-electron chi connectivity index (χ1n) is 8.89. The predicted molar refractivity (Wildman–Crippen MR) is 115 cm³/mol. The lowest BCUT2D eigenvalue weighted by atomic mass is 10.1. The maximum Gasteiger partial charge on any atom is 0.243 e. The van der Waals surface area contributed by atoms with E-state index in [0.717, 1.165) is 11.1 Å². The van der Waals surface area contributed by atoms with Crippen LogP contribution in [0, 0.1) is 0 Å². The molecule has 0 fully saturated rings. The minimum atomic E-state index is -3.50. The lowest BCUT2D eigenvalue weighted by molar-refractivity contribution is -0.121. The summed E-state index contributed by atoms with van der Waals surface area (Å²) in [5.41, 5.74) is 8.36. The van der Waals surface area contributed by atoms with E-state index in [-0.39, 0.29) is 29.3 Å². The summed E-state index contributed by atoms with van der Waals surface area (Å²) in [6.07, 6.45) is 0.928. The number of hydrogen-bond donors (Lipinski definition) is 2. The van der Waals surface area contributed by atoms with E-state index in [9.17, 15) is 13.2 Å². The van der Waals surface area contributed by atoms with Gasteiger partial charge in [-0.2, -0.15) is 4.31 Å². The number of anilines is 1. The van der Waals surface area contributed by atoms with Crippen LogP contribution in [0.15, 0.2) is 53.4 Å². The van der Waals surface area contributed by atoms with Crippen molar-refractivity contribution in [3.63, 3.8) is 0 Å². The van der Waals surface area contributed by atoms with E-state index < -0.39 is 10.0 Å². The highest BCUT2D eigenvalue weighted by atomic mass is 35.5. The molecule has 3 N–H and O–H groups in total. The van der Waals surface area contributed by atoms with Crippen molar-refractivity contribution in [1.29, 1.82) is 0 Å². The minimum absolute atomic E-state index is 0. The molecular weight excluding hydrogens is 398 g/mol. The van der Waals surface area contributed by atoms with Crippen molar-refractivity contribution in [1.82, 2.24) is 9.62 Å². The summed E-state index contributed by atoms with van der Waals surface area (Å²) < 4.78 is 26.2. The molecule has 2 aromatic carbocycles. The van der Waals surface area contributed by atoms with Gasteiger partial charge in [-0.1, -0.05) is 30.3 Å². The summed E-state index contributed by atoms with van der Waals surface area (Å²) in [6, 6.07) is 14.0. The molecule has 0 aliphatic heterocycles. The zero-order chi connectivity index (χ0) is 20.0. The van der Waals surface area contributed by atoms with Crippen molar-refractivity contribution in [3.05, 3.63) is 59.7 Å². The van der Waals surface area contributed by atoms with Gasteiger partial charge in [-0.15, -0.1) is 12.4 Å². The molecule has 0 aliphatic rings. The number of aryl methyl sites for hydroxylation is 1. The molecule has 0 aliphatic carbocycles. The van der Waals surface area contributed by atoms with Crippen LogP contribution in [0.3, 0.4) is 0 Å². The fourth-order valence-electron chi connectivity index (χ4n) is 2.52. The van der Waals surface area contributed by atoms with Crippen molar-refractivity contribution in [2.75, 3.05) is 12.8 Å². The molecular formula is C20H28ClN3O3S. The van der Waals surface area contributed by atoms with Crippen molar-refractivity contribution in [3.8, 4) is 0 Å². The number of amides is 1. The van der Waals surface area contributed by atoms with Crippen LogP contribution < -0.4 is 11.1 Å². The molecule has 0 radical (unpaired) electrons. The first kappa shape index (κ1) is 23.9. The molecule has 6 nitrogen and oxygen atoms in total. The Morgan fingerprint density at radius 1 is 1.11 bits per heavy atom. The Morgan fingerprint density at radius 2 is 1.71 bits per heavy atom. The second-order valence-electron chi connectivity index (χ2n) is 6.73. The van der Waals surface area contributed by atoms with Crippen LogP contribution in [-0.2, 0) is 27.8 Å². The Hall–Kier alpha value is -2.09. The second kappa shape index (κ2) is 10.5. The van der Waals surface area contributed by atoms with E-state index >= 15 is 0 Å². The summed E-state index contributed by atoms with van der Waals surface area (Å²) in [7, 11) is -1.93. The molecule has 0 saturated heterocycles. The third-order valence-corrected chi connectivity index (χ3v) is 6.54. The van der Waals surface area contributed by atoms with Crippen LogP contribution in [0.1, 0.15) is 31.4 Å². The molecule has 0 bridgehead atoms. The van der Waals surface area contributed by atoms with Gasteiger partial charge in [0.25, 0.3) is 0 Å². The molecule has 2 aromatic rings. The zero-order valence-electron chi connectivity index (χ0n) is 16.4. The van der Waals surface area contributed by atoms with Crippen molar-refractivity contribution in [2.24, 2.45) is 0 Å². The molecule has 0 atom stereocenters. The molecule has 0 unspecified atom stereocenters. The molecule has 0 spiro atoms. The van der Waals surface area contributed by atoms with E-state index in [0.29, 0.717) is 25.1 Å². The number of para-hydroxylation sites is 1. The Kier molecular flexibility index (Phi) is 8.94. The fraction of sp³-hybridized carbons (Fsp3) is 0.350. The maximum absolute atomic E-state index is 12.4. The second-order valence-corrected chi connectivity index (χ2v) is 8.73. The monoisotopic (exact) mass is 425 g/mol. The van der Waals surface area contributed by atoms with Crippen LogP contribution in [0.2, 0.25) is 0 Å². The molecule has 154 valence electrons. The summed E-state index contributed by atoms with van der Waals surface area (Å²) in [5.74, 6) is -0.0745. The third-order valence-electron chi connectivity index (χ3n) is 4.49. The fourth-order valence-corrected chi connectivity index (χ4v) is 3.89. The number of carbonyl (C=O) groups excluding carboxylic acids is 1. The molecule has 1 amide bonds. The van der Waals surface area contributed by atoms with Gasteiger partial charge in [0.15, 0.2) is 0 Å². The van der Waals surface area contributed by atoms with Gasteiger partial charge >= 0.3 is 0 Å². The van der Waals surface area contributed by atoms with Crippen LogP contribution in [-0.4, -0.2) is 31.7 Å². The number of nitrogens with zero attached hydrogens (tertiary/aromatic N) is 1. The van der Waals surface area contributed by atoms with Gasteiger partial charge < -0.3 is 11.1 Å². The van der Waals surface area contributed by atoms with Crippen molar-refractivity contribution < 1.29 is 13.2 Å². The van der Waals surface area contributed by atoms with Crippen LogP contribution in [0.4, 0.5) is 5.69 Å². The number of rotatable bonds is 8. The van der Waals surface area contributed by atoms with E-state index in [4.69, 9.17) is 5.73 Å². The Morgan fingerprint density at radius 3 is 2.29 bits per heavy atom. The van der Waals surface area contributed by atoms with Gasteiger partial charge in [0.05, 0.1) is 4.90 Å². The Balaban J connectivity index is 0.00000392. The number of nitrogens with two attached hydrogens (primary N) is 1. The van der Waals surface area contributed by atoms with Crippen LogP contribution >= 0.6 is 12.4 Å². The highest BCUT2D eigenvalue weighted by molar-refractivity contribution is 7.89. The van der Waals surface area contributed by atoms with Crippen LogP contribution in [0.25, 0.3) is 0 Å². The summed E-state index contributed by atoms with van der Waals surface area (Å²) in [5, 5.41) is 2.85. The highest BCUT2D eigenvalue weighted by Crippen LogP contribution is 2.17. The number of hydrogen-bond acceptors (Lipinski definition) is 4. The molecule has 8 heteroatoms. The van der Waals surface area contributed by atoms with Gasteiger partial charge in [0.2, 0.25) is 15.9 Å². The normalized spacial score (nSPS) is 11.3. The average molecular weight is 426 g/mol. The minimum Gasteiger partial charge on any atom is -0.399 e. The number of carbonyl (C=O) groups is 1. The third kappa shape index (κ3) is 6.22. The maximum atomic E-state index is 12.4. The van der Waals surface area contributed by atoms with Gasteiger partial charge in [0.1, 0.15) is 0 Å². The number of halogens is 1. The SMILES string of the molecule is CC(C)N(C)S(=O)(=O)c1ccc(CNC(=O)CCc2ccccc2N)cc1.Cl. The van der Waals surface area contributed by atoms with Crippen molar-refractivity contribution in [2.45, 2.75) is 44.2 Å². The number of benzene rings is 2. The molecule has 0 heterocycles. The molecule has 28 heavy (non-hydrogen) atoms. The van der Waals surface area contributed by atoms with Gasteiger partial charge in [0, 0.05) is 31.7 Å². The van der Waals surface area contributed by atoms with E-state index in [2.05, 4.69) is 5.32 Å². The summed E-state index contributed by atoms with van der Waals surface area (Å²) in [4.78, 5) is 12.3. The quantitative estimate of drug-likeness (QED) is 0.636. The van der Waals surface area contributed by atoms with E-state index in [1.54, 1.807) is 31.3 Å². The zero-order valence-corrected chi connectivity index (χ0v) is 18.0. The predicted octanol–water partition coefficient (Wildman–Crippen LogP) is 2.97. The number of sulfonamides is 1. The van der Waals surface area contributed by atoms with Gasteiger partial charge in [-0.05, 0) is 49.6 Å². The Labute approximate surface area is 173 Å². The first-order chi connectivity index (χ1) is 12.7. The van der Waals surface area contributed by atoms with Crippen molar-refractivity contribution >= 4 is 34.0 Å². The molecule has 0 aromatic heterocycles. The molecule has 0 saturated carbocycles. The topological polar surface area (TPSA) is 92.5 Å². The number of nitrogen functional groups attached to an aromatic ring is 1. The lowest BCUT2D eigenvalue weighted by Crippen LogP contribution is -2.33. The van der Waals surface area contributed by atoms with E-state index in [1.807, 2.05) is 38.1 Å². The summed E-state index contributed by atoms with van der Waals surface area (Å²) in [6.45, 7) is 4.00. The Bertz CT molecular complexity index is 884. The number of nitrogens with one attached hydrogen (secondary N) is 1. The largest absolute Gasteiger partial charge is 0.399 e. The lowest BCUT2D eigenvalue weighted by Gasteiger charge is -2.21. The average Bonchev–Trinajstić information content (AvgIpc) is 2.65. The van der Waals surface area contributed by atoms with Gasteiger partial charge in [-0.25, -0.2) is 8.42 Å².